The number of aromatic amines is 2. The van der Waals surface area contributed by atoms with Gasteiger partial charge in [0.05, 0.1) is 21.6 Å². The van der Waals surface area contributed by atoms with Crippen LogP contribution >= 0.6 is 11.6 Å². The van der Waals surface area contributed by atoms with Crippen molar-refractivity contribution in [2.45, 2.75) is 0 Å². The van der Waals surface area contributed by atoms with Crippen LogP contribution < -0.4 is 15.4 Å². The summed E-state index contributed by atoms with van der Waals surface area (Å²) in [4.78, 5) is 32.7. The van der Waals surface area contributed by atoms with Gasteiger partial charge >= 0.3 is 0 Å². The fraction of sp³-hybridized carbons (Fsp3) is 0.160. The quantitative estimate of drug-likeness (QED) is 0.420. The summed E-state index contributed by atoms with van der Waals surface area (Å²) in [7, 11) is 0. The van der Waals surface area contributed by atoms with Crippen LogP contribution in [0.4, 0.5) is 11.5 Å². The Morgan fingerprint density at radius 3 is 2.55 bits per heavy atom. The molecule has 6 rings (SSSR count). The average molecular weight is 457 g/mol. The molecule has 3 aromatic rings. The SMILES string of the molecule is O=c1[nH]c2cccccc-2c1-c1nc2cc(N3CCN(c4ncccc4Cl)CC3)ccc2[nH]1. The number of anilines is 2. The van der Waals surface area contributed by atoms with E-state index in [0.29, 0.717) is 16.4 Å². The first-order valence-corrected chi connectivity index (χ1v) is 11.3. The number of hydrogen-bond donors (Lipinski definition) is 2. The minimum Gasteiger partial charge on any atom is -0.368 e. The lowest BCUT2D eigenvalue weighted by atomic mass is 10.1. The van der Waals surface area contributed by atoms with Crippen molar-refractivity contribution in [3.05, 3.63) is 82.2 Å². The van der Waals surface area contributed by atoms with Gasteiger partial charge in [-0.15, -0.1) is 0 Å². The Kier molecular flexibility index (Phi) is 4.77. The van der Waals surface area contributed by atoms with E-state index >= 15 is 0 Å². The predicted octanol–water partition coefficient (Wildman–Crippen LogP) is 4.40. The molecule has 1 saturated heterocycles. The van der Waals surface area contributed by atoms with Crippen molar-refractivity contribution in [2.24, 2.45) is 0 Å². The van der Waals surface area contributed by atoms with Gasteiger partial charge in [0.1, 0.15) is 11.6 Å². The number of hydrogen-bond acceptors (Lipinski definition) is 5. The van der Waals surface area contributed by atoms with E-state index in [1.165, 1.54) is 0 Å². The summed E-state index contributed by atoms with van der Waals surface area (Å²) in [5.41, 5.74) is 4.94. The second kappa shape index (κ2) is 7.94. The molecule has 0 atom stereocenters. The van der Waals surface area contributed by atoms with Gasteiger partial charge in [0.25, 0.3) is 5.56 Å². The molecule has 8 heteroatoms. The Labute approximate surface area is 195 Å². The molecule has 0 spiro atoms. The largest absolute Gasteiger partial charge is 0.368 e. The molecule has 2 aliphatic heterocycles. The van der Waals surface area contributed by atoms with E-state index in [0.717, 1.165) is 60.0 Å². The zero-order valence-electron chi connectivity index (χ0n) is 17.8. The lowest BCUT2D eigenvalue weighted by Crippen LogP contribution is -2.46. The Hall–Kier alpha value is -3.84. The van der Waals surface area contributed by atoms with Crippen LogP contribution in [0.15, 0.2) is 71.7 Å². The summed E-state index contributed by atoms with van der Waals surface area (Å²) >= 11 is 6.32. The van der Waals surface area contributed by atoms with E-state index in [-0.39, 0.29) is 5.56 Å². The van der Waals surface area contributed by atoms with Crippen LogP contribution in [-0.2, 0) is 0 Å². The standard InChI is InChI=1S/C25H21ClN6O/c26-18-6-4-10-27-24(18)32-13-11-31(12-14-32)16-8-9-20-21(15-16)29-23(28-20)22-17-5-2-1-3-7-19(17)30-25(22)33/h1-10,15H,11-14H2,(H,28,29)(H,30,33). The fourth-order valence-electron chi connectivity index (χ4n) is 4.51. The molecular formula is C25H21ClN6O. The Balaban J connectivity index is 1.28. The van der Waals surface area contributed by atoms with Crippen LogP contribution in [-0.4, -0.2) is 46.1 Å². The van der Waals surface area contributed by atoms with E-state index in [4.69, 9.17) is 16.6 Å². The zero-order chi connectivity index (χ0) is 22.4. The van der Waals surface area contributed by atoms with Crippen molar-refractivity contribution < 1.29 is 0 Å². The van der Waals surface area contributed by atoms with Gasteiger partial charge in [-0.05, 0) is 36.4 Å². The van der Waals surface area contributed by atoms with Crippen LogP contribution in [0.5, 0.6) is 0 Å². The molecule has 164 valence electrons. The van der Waals surface area contributed by atoms with Gasteiger partial charge in [0.2, 0.25) is 0 Å². The van der Waals surface area contributed by atoms with Crippen molar-refractivity contribution in [3.63, 3.8) is 0 Å². The fourth-order valence-corrected chi connectivity index (χ4v) is 4.75. The maximum Gasteiger partial charge on any atom is 0.260 e. The van der Waals surface area contributed by atoms with E-state index in [9.17, 15) is 4.79 Å². The maximum atomic E-state index is 12.7. The maximum absolute atomic E-state index is 12.7. The van der Waals surface area contributed by atoms with Gasteiger partial charge in [-0.25, -0.2) is 9.97 Å². The lowest BCUT2D eigenvalue weighted by Gasteiger charge is -2.37. The molecule has 1 aromatic carbocycles. The second-order valence-corrected chi connectivity index (χ2v) is 8.54. The van der Waals surface area contributed by atoms with Gasteiger partial charge in [-0.2, -0.15) is 0 Å². The highest BCUT2D eigenvalue weighted by Crippen LogP contribution is 2.31. The Bertz CT molecular complexity index is 1480. The van der Waals surface area contributed by atoms with E-state index in [1.54, 1.807) is 6.20 Å². The molecule has 2 N–H and O–H groups in total. The van der Waals surface area contributed by atoms with Crippen LogP contribution in [0.2, 0.25) is 5.02 Å². The number of benzene rings is 1. The Morgan fingerprint density at radius 1 is 0.879 bits per heavy atom. The zero-order valence-corrected chi connectivity index (χ0v) is 18.5. The normalized spacial score (nSPS) is 14.3. The molecule has 0 radical (unpaired) electrons. The minimum atomic E-state index is -0.139. The monoisotopic (exact) mass is 456 g/mol. The molecule has 2 aromatic heterocycles. The first-order valence-electron chi connectivity index (χ1n) is 10.9. The summed E-state index contributed by atoms with van der Waals surface area (Å²) in [5, 5.41) is 0.681. The number of halogens is 1. The minimum absolute atomic E-state index is 0.139. The van der Waals surface area contributed by atoms with Crippen molar-refractivity contribution in [2.75, 3.05) is 36.0 Å². The van der Waals surface area contributed by atoms with E-state index in [2.05, 4.69) is 36.9 Å². The number of piperazine rings is 1. The van der Waals surface area contributed by atoms with Crippen molar-refractivity contribution in [1.82, 2.24) is 19.9 Å². The number of pyridine rings is 1. The summed E-state index contributed by atoms with van der Waals surface area (Å²) in [6.45, 7) is 3.40. The molecule has 3 aliphatic rings. The molecule has 1 aliphatic carbocycles. The molecule has 0 saturated carbocycles. The number of rotatable bonds is 3. The van der Waals surface area contributed by atoms with Gasteiger partial charge in [0, 0.05) is 49.3 Å². The first-order chi connectivity index (χ1) is 16.2. The Morgan fingerprint density at radius 2 is 1.70 bits per heavy atom. The molecule has 1 fully saturated rings. The highest BCUT2D eigenvalue weighted by molar-refractivity contribution is 6.32. The number of fused-ring (bicyclic) bond motifs is 2. The molecule has 7 nitrogen and oxygen atoms in total. The molecule has 0 unspecified atom stereocenters. The number of H-pyrrole nitrogens is 2. The number of imidazole rings is 1. The molecular weight excluding hydrogens is 436 g/mol. The lowest BCUT2D eigenvalue weighted by molar-refractivity contribution is 0.648. The molecule has 33 heavy (non-hydrogen) atoms. The first kappa shape index (κ1) is 19.8. The number of nitrogens with one attached hydrogen (secondary N) is 2. The van der Waals surface area contributed by atoms with Crippen molar-refractivity contribution in [3.8, 4) is 22.6 Å². The van der Waals surface area contributed by atoms with Crippen molar-refractivity contribution >= 4 is 34.1 Å². The van der Waals surface area contributed by atoms with Gasteiger partial charge in [0.15, 0.2) is 0 Å². The van der Waals surface area contributed by atoms with Gasteiger partial charge in [-0.1, -0.05) is 35.9 Å². The topological polar surface area (TPSA) is 80.9 Å². The summed E-state index contributed by atoms with van der Waals surface area (Å²) in [6, 6.07) is 19.6. The van der Waals surface area contributed by atoms with E-state index in [1.807, 2.05) is 48.5 Å². The molecule has 0 amide bonds. The predicted molar refractivity (Wildman–Crippen MR) is 132 cm³/mol. The third-order valence-corrected chi connectivity index (χ3v) is 6.46. The summed E-state index contributed by atoms with van der Waals surface area (Å²) in [6.07, 6.45) is 1.78. The van der Waals surface area contributed by atoms with E-state index < -0.39 is 0 Å². The average Bonchev–Trinajstić information content (AvgIpc) is 3.30. The molecule has 0 bridgehead atoms. The number of nitrogens with zero attached hydrogens (tertiary/aromatic N) is 4. The third-order valence-electron chi connectivity index (χ3n) is 6.17. The smallest absolute Gasteiger partial charge is 0.260 e. The van der Waals surface area contributed by atoms with Gasteiger partial charge in [-0.3, -0.25) is 4.79 Å². The van der Waals surface area contributed by atoms with Gasteiger partial charge < -0.3 is 19.8 Å². The number of aromatic nitrogens is 4. The van der Waals surface area contributed by atoms with Crippen LogP contribution in [0.3, 0.4) is 0 Å². The second-order valence-electron chi connectivity index (χ2n) is 8.14. The van der Waals surface area contributed by atoms with Crippen molar-refractivity contribution in [1.29, 1.82) is 0 Å². The van der Waals surface area contributed by atoms with Crippen LogP contribution in [0, 0.1) is 0 Å². The highest BCUT2D eigenvalue weighted by Gasteiger charge is 2.22. The third kappa shape index (κ3) is 3.50. The summed E-state index contributed by atoms with van der Waals surface area (Å²) < 4.78 is 0. The molecule has 4 heterocycles. The van der Waals surface area contributed by atoms with Crippen LogP contribution in [0.1, 0.15) is 0 Å². The summed E-state index contributed by atoms with van der Waals surface area (Å²) in [5.74, 6) is 1.42. The van der Waals surface area contributed by atoms with Crippen LogP contribution in [0.25, 0.3) is 33.7 Å². The highest BCUT2D eigenvalue weighted by atomic mass is 35.5.